The van der Waals surface area contributed by atoms with Crippen molar-refractivity contribution in [1.29, 1.82) is 0 Å². The Morgan fingerprint density at radius 3 is 2.95 bits per heavy atom. The number of carbonyl (C=O) groups is 1. The Balaban J connectivity index is 2.19. The molecule has 1 atom stereocenters. The number of nitrogens with zero attached hydrogens (tertiary/aromatic N) is 2. The van der Waals surface area contributed by atoms with Crippen LogP contribution in [0.4, 0.5) is 14.5 Å². The number of esters is 1. The van der Waals surface area contributed by atoms with Gasteiger partial charge in [0.25, 0.3) is 0 Å². The number of hydrogen-bond donors (Lipinski definition) is 0. The van der Waals surface area contributed by atoms with Crippen LogP contribution in [0.15, 0.2) is 17.1 Å². The molecule has 1 saturated heterocycles. The van der Waals surface area contributed by atoms with Crippen molar-refractivity contribution in [2.24, 2.45) is 4.99 Å². The fraction of sp³-hybridized carbons (Fsp3) is 0.429. The summed E-state index contributed by atoms with van der Waals surface area (Å²) in [6.07, 6.45) is 1.81. The Labute approximate surface area is 127 Å². The van der Waals surface area contributed by atoms with Crippen LogP contribution in [0.25, 0.3) is 0 Å². The molecule has 1 aliphatic heterocycles. The molecular formula is C14H15BF2N2O3. The average Bonchev–Trinajstić information content (AvgIpc) is 2.96. The molecule has 0 aliphatic carbocycles. The van der Waals surface area contributed by atoms with E-state index in [9.17, 15) is 18.3 Å². The molecule has 1 heterocycles. The van der Waals surface area contributed by atoms with E-state index in [0.717, 1.165) is 18.2 Å². The zero-order valence-electron chi connectivity index (χ0n) is 12.1. The van der Waals surface area contributed by atoms with Gasteiger partial charge in [-0.05, 0) is 6.92 Å². The molecule has 1 unspecified atom stereocenters. The normalized spacial score (nSPS) is 17.8. The molecule has 1 aromatic rings. The van der Waals surface area contributed by atoms with Crippen LogP contribution >= 0.6 is 0 Å². The van der Waals surface area contributed by atoms with Gasteiger partial charge in [0.1, 0.15) is 0 Å². The van der Waals surface area contributed by atoms with E-state index >= 15 is 0 Å². The number of aliphatic imine (C=N–C) groups is 1. The molecule has 0 radical (unpaired) electrons. The first-order valence-electron chi connectivity index (χ1n) is 6.94. The molecule has 22 heavy (non-hydrogen) atoms. The van der Waals surface area contributed by atoms with E-state index in [1.165, 1.54) is 0 Å². The van der Waals surface area contributed by atoms with E-state index in [1.807, 2.05) is 0 Å². The van der Waals surface area contributed by atoms with Crippen LogP contribution in [0.2, 0.25) is 0 Å². The van der Waals surface area contributed by atoms with Gasteiger partial charge in [0.2, 0.25) is 0 Å². The topological polar surface area (TPSA) is 59.0 Å². The summed E-state index contributed by atoms with van der Waals surface area (Å²) in [5, 5.41) is 0. The fourth-order valence-corrected chi connectivity index (χ4v) is 2.38. The van der Waals surface area contributed by atoms with E-state index < -0.39 is 23.2 Å². The maximum absolute atomic E-state index is 14.2. The number of ether oxygens (including phenoxy) is 1. The second-order valence-electron chi connectivity index (χ2n) is 4.83. The summed E-state index contributed by atoms with van der Waals surface area (Å²) in [6, 6.07) is 1.72. The van der Waals surface area contributed by atoms with E-state index in [0.29, 0.717) is 26.7 Å². The second-order valence-corrected chi connectivity index (χ2v) is 4.83. The summed E-state index contributed by atoms with van der Waals surface area (Å²) in [4.78, 5) is 17.2. The molecule has 0 amide bonds. The molecule has 0 N–H and O–H groups in total. The molecule has 0 bridgehead atoms. The number of benzene rings is 1. The average molecular weight is 308 g/mol. The summed E-state index contributed by atoms with van der Waals surface area (Å²) >= 11 is 0. The zero-order valence-corrected chi connectivity index (χ0v) is 12.1. The van der Waals surface area contributed by atoms with Crippen LogP contribution in [0.3, 0.4) is 0 Å². The van der Waals surface area contributed by atoms with Gasteiger partial charge in [-0.2, -0.15) is 0 Å². The molecule has 116 valence electrons. The van der Waals surface area contributed by atoms with Gasteiger partial charge in [0, 0.05) is 0 Å². The van der Waals surface area contributed by atoms with Crippen LogP contribution in [0, 0.1) is 11.6 Å². The minimum absolute atomic E-state index is 0.0781. The van der Waals surface area contributed by atoms with Crippen LogP contribution in [0.5, 0.6) is 0 Å². The van der Waals surface area contributed by atoms with Crippen molar-refractivity contribution >= 4 is 24.9 Å². The Morgan fingerprint density at radius 2 is 2.27 bits per heavy atom. The molecular weight excluding hydrogens is 293 g/mol. The van der Waals surface area contributed by atoms with E-state index in [-0.39, 0.29) is 18.3 Å². The Morgan fingerprint density at radius 1 is 1.50 bits per heavy atom. The molecule has 2 rings (SSSR count). The van der Waals surface area contributed by atoms with Crippen molar-refractivity contribution in [2.75, 3.05) is 24.6 Å². The summed E-state index contributed by atoms with van der Waals surface area (Å²) < 4.78 is 43.1. The van der Waals surface area contributed by atoms with Crippen molar-refractivity contribution in [3.63, 3.8) is 0 Å². The number of carbonyl (C=O) groups excluding carboxylic acids is 1. The van der Waals surface area contributed by atoms with Gasteiger partial charge in [0.05, 0.1) is 0 Å². The Hall–Kier alpha value is -2.12. The van der Waals surface area contributed by atoms with Crippen LogP contribution in [-0.4, -0.2) is 45.0 Å². The molecule has 8 heteroatoms. The predicted molar refractivity (Wildman–Crippen MR) is 77.9 cm³/mol. The predicted octanol–water partition coefficient (Wildman–Crippen LogP) is 1.80. The number of rotatable bonds is 5. The molecule has 0 spiro atoms. The molecule has 0 saturated carbocycles. The number of anilines is 1. The van der Waals surface area contributed by atoms with Crippen molar-refractivity contribution in [3.8, 4) is 0 Å². The SMILES string of the molecule is CCOC(=O)c1cc(F)c(N2CCC(/N=C\B=O)C2)cc1F. The maximum atomic E-state index is 14.2. The third-order valence-electron chi connectivity index (χ3n) is 3.39. The minimum atomic E-state index is -0.889. The van der Waals surface area contributed by atoms with E-state index in [1.54, 1.807) is 11.8 Å². The Kier molecular flexibility index (Phi) is 5.35. The van der Waals surface area contributed by atoms with Gasteiger partial charge in [-0.1, -0.05) is 0 Å². The van der Waals surface area contributed by atoms with E-state index in [4.69, 9.17) is 0 Å². The summed E-state index contributed by atoms with van der Waals surface area (Å²) in [5.41, 5.74) is -0.341. The van der Waals surface area contributed by atoms with Crippen molar-refractivity contribution in [3.05, 3.63) is 29.3 Å². The molecule has 1 aromatic carbocycles. The summed E-state index contributed by atoms with van der Waals surface area (Å²) in [6.45, 7) is 2.56. The Bertz CT molecular complexity index is 610. The fourth-order valence-electron chi connectivity index (χ4n) is 2.38. The van der Waals surface area contributed by atoms with Gasteiger partial charge in [-0.25, -0.2) is 0 Å². The zero-order chi connectivity index (χ0) is 16.1. The molecule has 0 aromatic heterocycles. The van der Waals surface area contributed by atoms with Gasteiger partial charge in [-0.15, -0.1) is 0 Å². The van der Waals surface area contributed by atoms with Gasteiger partial charge < -0.3 is 0 Å². The van der Waals surface area contributed by atoms with Crippen LogP contribution in [0.1, 0.15) is 23.7 Å². The van der Waals surface area contributed by atoms with Gasteiger partial charge >= 0.3 is 119 Å². The third kappa shape index (κ3) is 3.55. The first-order chi connectivity index (χ1) is 10.6. The van der Waals surface area contributed by atoms with E-state index in [2.05, 4.69) is 9.73 Å². The van der Waals surface area contributed by atoms with Crippen molar-refractivity contribution in [1.82, 2.24) is 0 Å². The van der Waals surface area contributed by atoms with Gasteiger partial charge in [-0.3, -0.25) is 0 Å². The van der Waals surface area contributed by atoms with Gasteiger partial charge in [0.15, 0.2) is 0 Å². The summed E-state index contributed by atoms with van der Waals surface area (Å²) in [7, 11) is 0.580. The quantitative estimate of drug-likeness (QED) is 0.473. The monoisotopic (exact) mass is 308 g/mol. The first-order valence-corrected chi connectivity index (χ1v) is 6.94. The number of halogens is 2. The third-order valence-corrected chi connectivity index (χ3v) is 3.39. The van der Waals surface area contributed by atoms with Crippen molar-refractivity contribution < 1.29 is 23.0 Å². The molecule has 5 nitrogen and oxygen atoms in total. The molecule has 1 aliphatic rings. The standard InChI is InChI=1S/C14H15BF2N2O3/c1-2-22-14(20)10-5-12(17)13(6-11(10)16)19-4-3-9(7-19)18-8-15-21/h5-6,8-9H,2-4,7H2,1H3/b18-8-. The molecule has 1 fully saturated rings. The van der Waals surface area contributed by atoms with Crippen LogP contribution < -0.4 is 4.90 Å². The second kappa shape index (κ2) is 7.24. The first kappa shape index (κ1) is 16.3. The van der Waals surface area contributed by atoms with Crippen molar-refractivity contribution in [2.45, 2.75) is 19.4 Å². The number of hydrogen-bond acceptors (Lipinski definition) is 5. The van der Waals surface area contributed by atoms with Crippen LogP contribution in [-0.2, 0) is 9.44 Å². The summed E-state index contributed by atoms with van der Waals surface area (Å²) in [5.74, 6) is -2.40.